The minimum Gasteiger partial charge on any atom is -0.309 e. The van der Waals surface area contributed by atoms with Gasteiger partial charge in [0.1, 0.15) is 0 Å². The smallest absolute Gasteiger partial charge is 0.151 e. The third-order valence-corrected chi connectivity index (χ3v) is 6.21. The standard InChI is InChI=1S/C15H21NO2S2/c1-4-9-16-14(11(2)20(3,17)18)13-7-5-6-12-8-10-19-15(12)13/h5-8,10-11,14,16H,4,9H2,1-3H3. The summed E-state index contributed by atoms with van der Waals surface area (Å²) in [5, 5.41) is 6.19. The molecular formula is C15H21NO2S2. The predicted molar refractivity (Wildman–Crippen MR) is 87.2 cm³/mol. The second-order valence-corrected chi connectivity index (χ2v) is 8.47. The first-order chi connectivity index (χ1) is 9.45. The lowest BCUT2D eigenvalue weighted by molar-refractivity contribution is 0.503. The van der Waals surface area contributed by atoms with Crippen LogP contribution in [0, 0.1) is 0 Å². The number of benzene rings is 1. The number of sulfone groups is 1. The van der Waals surface area contributed by atoms with E-state index in [2.05, 4.69) is 29.8 Å². The molecule has 1 heterocycles. The molecule has 0 amide bonds. The van der Waals surface area contributed by atoms with Gasteiger partial charge in [-0.1, -0.05) is 25.1 Å². The fourth-order valence-corrected chi connectivity index (χ4v) is 4.03. The Balaban J connectivity index is 2.48. The number of hydrogen-bond acceptors (Lipinski definition) is 4. The molecule has 110 valence electrons. The van der Waals surface area contributed by atoms with Crippen LogP contribution in [0.3, 0.4) is 0 Å². The van der Waals surface area contributed by atoms with Crippen molar-refractivity contribution in [3.63, 3.8) is 0 Å². The lowest BCUT2D eigenvalue weighted by atomic mass is 10.0. The molecule has 2 aromatic rings. The van der Waals surface area contributed by atoms with Crippen molar-refractivity contribution in [3.8, 4) is 0 Å². The molecule has 20 heavy (non-hydrogen) atoms. The third-order valence-electron chi connectivity index (χ3n) is 3.60. The van der Waals surface area contributed by atoms with Crippen molar-refractivity contribution in [3.05, 3.63) is 35.2 Å². The molecule has 0 aliphatic rings. The maximum Gasteiger partial charge on any atom is 0.151 e. The highest BCUT2D eigenvalue weighted by atomic mass is 32.2. The first-order valence-electron chi connectivity index (χ1n) is 6.83. The summed E-state index contributed by atoms with van der Waals surface area (Å²) in [7, 11) is -3.09. The minimum absolute atomic E-state index is 0.160. The van der Waals surface area contributed by atoms with Gasteiger partial charge in [0, 0.05) is 11.0 Å². The van der Waals surface area contributed by atoms with E-state index in [0.717, 1.165) is 18.5 Å². The highest BCUT2D eigenvalue weighted by Gasteiger charge is 2.28. The largest absolute Gasteiger partial charge is 0.309 e. The Kier molecular flexibility index (Phi) is 4.83. The maximum absolute atomic E-state index is 11.9. The van der Waals surface area contributed by atoms with Gasteiger partial charge in [-0.3, -0.25) is 0 Å². The van der Waals surface area contributed by atoms with E-state index in [9.17, 15) is 8.42 Å². The van der Waals surface area contributed by atoms with E-state index < -0.39 is 15.1 Å². The molecule has 0 aliphatic heterocycles. The Bertz CT molecular complexity index is 676. The normalized spacial score (nSPS) is 15.3. The van der Waals surface area contributed by atoms with E-state index in [4.69, 9.17) is 0 Å². The third kappa shape index (κ3) is 3.22. The lowest BCUT2D eigenvalue weighted by Gasteiger charge is -2.25. The number of hydrogen-bond donors (Lipinski definition) is 1. The fourth-order valence-electron chi connectivity index (χ4n) is 2.34. The minimum atomic E-state index is -3.09. The molecule has 0 bridgehead atoms. The van der Waals surface area contributed by atoms with Gasteiger partial charge < -0.3 is 5.32 Å². The topological polar surface area (TPSA) is 46.2 Å². The van der Waals surface area contributed by atoms with Gasteiger partial charge in [0.25, 0.3) is 0 Å². The molecular weight excluding hydrogens is 290 g/mol. The molecule has 1 aromatic heterocycles. The Labute approximate surface area is 124 Å². The Morgan fingerprint density at radius 2 is 2.05 bits per heavy atom. The van der Waals surface area contributed by atoms with Gasteiger partial charge >= 0.3 is 0 Å². The molecule has 3 nitrogen and oxygen atoms in total. The zero-order chi connectivity index (χ0) is 14.8. The summed E-state index contributed by atoms with van der Waals surface area (Å²) in [6.07, 6.45) is 2.29. The molecule has 5 heteroatoms. The van der Waals surface area contributed by atoms with Crippen molar-refractivity contribution in [2.45, 2.75) is 31.6 Å². The first-order valence-corrected chi connectivity index (χ1v) is 9.67. The number of rotatable bonds is 6. The summed E-state index contributed by atoms with van der Waals surface area (Å²) < 4.78 is 25.1. The quantitative estimate of drug-likeness (QED) is 0.889. The van der Waals surface area contributed by atoms with Crippen LogP contribution in [0.15, 0.2) is 29.6 Å². The highest BCUT2D eigenvalue weighted by molar-refractivity contribution is 7.91. The molecule has 0 radical (unpaired) electrons. The highest BCUT2D eigenvalue weighted by Crippen LogP contribution is 2.32. The second-order valence-electron chi connectivity index (χ2n) is 5.15. The lowest BCUT2D eigenvalue weighted by Crippen LogP contribution is -2.35. The number of fused-ring (bicyclic) bond motifs is 1. The molecule has 0 fully saturated rings. The Morgan fingerprint density at radius 1 is 1.30 bits per heavy atom. The molecule has 0 spiro atoms. The van der Waals surface area contributed by atoms with Gasteiger partial charge in [-0.25, -0.2) is 8.42 Å². The number of thiophene rings is 1. The average Bonchev–Trinajstić information content (AvgIpc) is 2.86. The van der Waals surface area contributed by atoms with Crippen LogP contribution >= 0.6 is 11.3 Å². The van der Waals surface area contributed by atoms with E-state index in [1.165, 1.54) is 16.3 Å². The molecule has 2 unspecified atom stereocenters. The Hall–Kier alpha value is -0.910. The van der Waals surface area contributed by atoms with Gasteiger partial charge in [0.15, 0.2) is 9.84 Å². The van der Waals surface area contributed by atoms with E-state index >= 15 is 0 Å². The van der Waals surface area contributed by atoms with Crippen molar-refractivity contribution >= 4 is 31.3 Å². The molecule has 1 aromatic carbocycles. The van der Waals surface area contributed by atoms with E-state index in [1.807, 2.05) is 12.1 Å². The molecule has 0 saturated carbocycles. The van der Waals surface area contributed by atoms with Gasteiger partial charge in [0.05, 0.1) is 11.3 Å². The van der Waals surface area contributed by atoms with Crippen molar-refractivity contribution in [2.75, 3.05) is 12.8 Å². The molecule has 0 aliphatic carbocycles. The van der Waals surface area contributed by atoms with Crippen molar-refractivity contribution in [1.29, 1.82) is 0 Å². The van der Waals surface area contributed by atoms with Gasteiger partial charge in [0.2, 0.25) is 0 Å². The number of nitrogens with one attached hydrogen (secondary N) is 1. The van der Waals surface area contributed by atoms with Crippen molar-refractivity contribution < 1.29 is 8.42 Å². The summed E-state index contributed by atoms with van der Waals surface area (Å²) in [5.41, 5.74) is 1.09. The first kappa shape index (κ1) is 15.5. The zero-order valence-electron chi connectivity index (χ0n) is 12.1. The van der Waals surface area contributed by atoms with Crippen LogP contribution in [0.4, 0.5) is 0 Å². The molecule has 2 atom stereocenters. The van der Waals surface area contributed by atoms with E-state index in [1.54, 1.807) is 18.3 Å². The van der Waals surface area contributed by atoms with Crippen LogP contribution in [0.2, 0.25) is 0 Å². The summed E-state index contributed by atoms with van der Waals surface area (Å²) in [4.78, 5) is 0. The SMILES string of the molecule is CCCNC(c1cccc2ccsc12)C(C)S(C)(=O)=O. The monoisotopic (exact) mass is 311 g/mol. The van der Waals surface area contributed by atoms with Crippen LogP contribution in [-0.2, 0) is 9.84 Å². The van der Waals surface area contributed by atoms with E-state index in [0.29, 0.717) is 0 Å². The predicted octanol–water partition coefficient (Wildman–Crippen LogP) is 3.38. The van der Waals surface area contributed by atoms with Gasteiger partial charge in [-0.05, 0) is 42.3 Å². The molecule has 2 rings (SSSR count). The van der Waals surface area contributed by atoms with Crippen molar-refractivity contribution in [1.82, 2.24) is 5.32 Å². The van der Waals surface area contributed by atoms with Crippen LogP contribution in [0.5, 0.6) is 0 Å². The van der Waals surface area contributed by atoms with Gasteiger partial charge in [-0.15, -0.1) is 11.3 Å². The van der Waals surface area contributed by atoms with Crippen molar-refractivity contribution in [2.24, 2.45) is 0 Å². The summed E-state index contributed by atoms with van der Waals surface area (Å²) in [6, 6.07) is 8.02. The molecule has 1 N–H and O–H groups in total. The second kappa shape index (κ2) is 6.24. The van der Waals surface area contributed by atoms with Gasteiger partial charge in [-0.2, -0.15) is 0 Å². The van der Waals surface area contributed by atoms with Crippen LogP contribution in [0.1, 0.15) is 31.9 Å². The van der Waals surface area contributed by atoms with Crippen LogP contribution < -0.4 is 5.32 Å². The van der Waals surface area contributed by atoms with E-state index in [-0.39, 0.29) is 6.04 Å². The fraction of sp³-hybridized carbons (Fsp3) is 0.467. The zero-order valence-corrected chi connectivity index (χ0v) is 13.7. The molecule has 0 saturated heterocycles. The maximum atomic E-state index is 11.9. The summed E-state index contributed by atoms with van der Waals surface area (Å²) in [5.74, 6) is 0. The summed E-state index contributed by atoms with van der Waals surface area (Å²) in [6.45, 7) is 4.68. The summed E-state index contributed by atoms with van der Waals surface area (Å²) >= 11 is 1.67. The average molecular weight is 311 g/mol. The Morgan fingerprint density at radius 3 is 2.70 bits per heavy atom. The van der Waals surface area contributed by atoms with Crippen LogP contribution in [0.25, 0.3) is 10.1 Å². The van der Waals surface area contributed by atoms with Crippen LogP contribution in [-0.4, -0.2) is 26.5 Å².